The fourth-order valence-electron chi connectivity index (χ4n) is 0.262. The highest BCUT2D eigenvalue weighted by atomic mass is 35.5. The van der Waals surface area contributed by atoms with Gasteiger partial charge in [0.25, 0.3) is 0 Å². The van der Waals surface area contributed by atoms with Gasteiger partial charge in [0.15, 0.2) is 0 Å². The Labute approximate surface area is 65.5 Å². The van der Waals surface area contributed by atoms with Crippen LogP contribution in [0.15, 0.2) is 34.9 Å². The molecular weight excluding hydrogens is 155 g/mol. The number of hydrogen-bond acceptors (Lipinski definition) is 0. The van der Waals surface area contributed by atoms with Crippen LogP contribution < -0.4 is 0 Å². The smallest absolute Gasteiger partial charge is 0.0988 e. The molecule has 0 amide bonds. The summed E-state index contributed by atoms with van der Waals surface area (Å²) in [6.45, 7) is 5.47. The molecule has 0 N–H and O–H groups in total. The van der Waals surface area contributed by atoms with Crippen molar-refractivity contribution in [2.24, 2.45) is 0 Å². The van der Waals surface area contributed by atoms with E-state index in [1.807, 2.05) is 6.92 Å². The molecule has 0 fully saturated rings. The van der Waals surface area contributed by atoms with Crippen LogP contribution in [-0.2, 0) is 0 Å². The Morgan fingerprint density at radius 1 is 1.33 bits per heavy atom. The van der Waals surface area contributed by atoms with E-state index < -0.39 is 0 Å². The van der Waals surface area contributed by atoms with E-state index in [2.05, 4.69) is 6.58 Å². The lowest BCUT2D eigenvalue weighted by Crippen LogP contribution is -1.61. The van der Waals surface area contributed by atoms with Crippen molar-refractivity contribution in [1.82, 2.24) is 0 Å². The average Bonchev–Trinajstić information content (AvgIpc) is 1.83. The standard InChI is InChI=1S/C7H8Cl2/c1-3-6(2)4-5-7(8)9/h3-5H,1H2,2H3. The SMILES string of the molecule is C=CC(C)=CC=C(Cl)Cl. The van der Waals surface area contributed by atoms with E-state index in [9.17, 15) is 0 Å². The van der Waals surface area contributed by atoms with Crippen molar-refractivity contribution in [3.05, 3.63) is 34.9 Å². The zero-order valence-electron chi connectivity index (χ0n) is 5.20. The van der Waals surface area contributed by atoms with Crippen LogP contribution in [0.4, 0.5) is 0 Å². The minimum Gasteiger partial charge on any atom is -0.0988 e. The topological polar surface area (TPSA) is 0 Å². The predicted molar refractivity (Wildman–Crippen MR) is 43.7 cm³/mol. The average molecular weight is 163 g/mol. The molecule has 0 radical (unpaired) electrons. The maximum atomic E-state index is 5.33. The van der Waals surface area contributed by atoms with Gasteiger partial charge in [-0.1, -0.05) is 47.5 Å². The molecule has 0 aliphatic rings. The monoisotopic (exact) mass is 162 g/mol. The number of halogens is 2. The lowest BCUT2D eigenvalue weighted by atomic mass is 10.3. The van der Waals surface area contributed by atoms with Gasteiger partial charge >= 0.3 is 0 Å². The van der Waals surface area contributed by atoms with Crippen LogP contribution in [0.1, 0.15) is 6.92 Å². The highest BCUT2D eigenvalue weighted by Crippen LogP contribution is 2.07. The summed E-state index contributed by atoms with van der Waals surface area (Å²) in [5, 5.41) is 0. The summed E-state index contributed by atoms with van der Waals surface area (Å²) in [7, 11) is 0. The van der Waals surface area contributed by atoms with Crippen LogP contribution in [-0.4, -0.2) is 0 Å². The molecule has 0 unspecified atom stereocenters. The van der Waals surface area contributed by atoms with Gasteiger partial charge in [-0.05, 0) is 13.0 Å². The van der Waals surface area contributed by atoms with Crippen LogP contribution in [0.2, 0.25) is 0 Å². The Bertz CT molecular complexity index is 150. The molecule has 0 spiro atoms. The normalized spacial score (nSPS) is 10.8. The highest BCUT2D eigenvalue weighted by Gasteiger charge is 1.78. The summed E-state index contributed by atoms with van der Waals surface area (Å²) in [5.74, 6) is 0. The van der Waals surface area contributed by atoms with Gasteiger partial charge in [-0.2, -0.15) is 0 Å². The molecule has 50 valence electrons. The van der Waals surface area contributed by atoms with Crippen LogP contribution >= 0.6 is 23.2 Å². The van der Waals surface area contributed by atoms with E-state index in [0.29, 0.717) is 0 Å². The van der Waals surface area contributed by atoms with E-state index in [1.54, 1.807) is 18.2 Å². The van der Waals surface area contributed by atoms with Crippen LogP contribution in [0, 0.1) is 0 Å². The molecule has 0 aliphatic carbocycles. The first-order valence-corrected chi connectivity index (χ1v) is 3.24. The van der Waals surface area contributed by atoms with Gasteiger partial charge < -0.3 is 0 Å². The van der Waals surface area contributed by atoms with E-state index in [1.165, 1.54) is 0 Å². The van der Waals surface area contributed by atoms with Gasteiger partial charge in [-0.25, -0.2) is 0 Å². The second kappa shape index (κ2) is 4.66. The Morgan fingerprint density at radius 3 is 2.22 bits per heavy atom. The zero-order chi connectivity index (χ0) is 7.28. The molecular formula is C7H8Cl2. The third kappa shape index (κ3) is 5.67. The second-order valence-corrected chi connectivity index (χ2v) is 2.58. The molecule has 0 rings (SSSR count). The van der Waals surface area contributed by atoms with Crippen LogP contribution in [0.25, 0.3) is 0 Å². The Balaban J connectivity index is 3.98. The van der Waals surface area contributed by atoms with Crippen molar-refractivity contribution in [1.29, 1.82) is 0 Å². The van der Waals surface area contributed by atoms with Gasteiger partial charge in [-0.15, -0.1) is 0 Å². The largest absolute Gasteiger partial charge is 0.106 e. The van der Waals surface area contributed by atoms with E-state index in [4.69, 9.17) is 23.2 Å². The highest BCUT2D eigenvalue weighted by molar-refractivity contribution is 6.55. The minimum absolute atomic E-state index is 0.260. The van der Waals surface area contributed by atoms with Gasteiger partial charge in [0.1, 0.15) is 4.49 Å². The van der Waals surface area contributed by atoms with Gasteiger partial charge in [0.05, 0.1) is 0 Å². The summed E-state index contributed by atoms with van der Waals surface area (Å²) < 4.78 is 0.260. The summed E-state index contributed by atoms with van der Waals surface area (Å²) in [6, 6.07) is 0. The summed E-state index contributed by atoms with van der Waals surface area (Å²) >= 11 is 10.7. The summed E-state index contributed by atoms with van der Waals surface area (Å²) in [4.78, 5) is 0. The maximum absolute atomic E-state index is 5.33. The van der Waals surface area contributed by atoms with Crippen molar-refractivity contribution in [3.63, 3.8) is 0 Å². The molecule has 0 heterocycles. The van der Waals surface area contributed by atoms with Crippen LogP contribution in [0.3, 0.4) is 0 Å². The quantitative estimate of drug-likeness (QED) is 0.547. The van der Waals surface area contributed by atoms with Gasteiger partial charge in [0.2, 0.25) is 0 Å². The maximum Gasteiger partial charge on any atom is 0.106 e. The lowest BCUT2D eigenvalue weighted by Gasteiger charge is -1.83. The van der Waals surface area contributed by atoms with Crippen molar-refractivity contribution in [2.75, 3.05) is 0 Å². The third-order valence-corrected chi connectivity index (χ3v) is 1.05. The number of rotatable bonds is 2. The van der Waals surface area contributed by atoms with Gasteiger partial charge in [-0.3, -0.25) is 0 Å². The Kier molecular flexibility index (Phi) is 4.55. The number of hydrogen-bond donors (Lipinski definition) is 0. The fourth-order valence-corrected chi connectivity index (χ4v) is 0.388. The second-order valence-electron chi connectivity index (χ2n) is 1.57. The Hall–Kier alpha value is -0.200. The van der Waals surface area contributed by atoms with E-state index in [0.717, 1.165) is 5.57 Å². The first-order chi connectivity index (χ1) is 4.16. The molecule has 0 bridgehead atoms. The summed E-state index contributed by atoms with van der Waals surface area (Å²) in [5.41, 5.74) is 1.04. The molecule has 0 atom stereocenters. The van der Waals surface area contributed by atoms with E-state index >= 15 is 0 Å². The van der Waals surface area contributed by atoms with Gasteiger partial charge in [0, 0.05) is 0 Å². The molecule has 0 aliphatic heterocycles. The fraction of sp³-hybridized carbons (Fsp3) is 0.143. The molecule has 0 aromatic rings. The lowest BCUT2D eigenvalue weighted by molar-refractivity contribution is 1.54. The van der Waals surface area contributed by atoms with E-state index in [-0.39, 0.29) is 4.49 Å². The Morgan fingerprint density at radius 2 is 1.89 bits per heavy atom. The molecule has 0 saturated heterocycles. The molecule has 0 aromatic heterocycles. The third-order valence-electron chi connectivity index (χ3n) is 0.794. The molecule has 0 aromatic carbocycles. The van der Waals surface area contributed by atoms with Crippen LogP contribution in [0.5, 0.6) is 0 Å². The first kappa shape index (κ1) is 8.80. The zero-order valence-corrected chi connectivity index (χ0v) is 6.71. The first-order valence-electron chi connectivity index (χ1n) is 2.49. The molecule has 9 heavy (non-hydrogen) atoms. The molecule has 0 nitrogen and oxygen atoms in total. The molecule has 2 heteroatoms. The minimum atomic E-state index is 0.260. The van der Waals surface area contributed by atoms with Crippen molar-refractivity contribution in [2.45, 2.75) is 6.92 Å². The predicted octanol–water partition coefficient (Wildman–Crippen LogP) is 3.44. The number of allylic oxidation sites excluding steroid dienone is 4. The van der Waals surface area contributed by atoms with Crippen molar-refractivity contribution >= 4 is 23.2 Å². The summed E-state index contributed by atoms with van der Waals surface area (Å²) in [6.07, 6.45) is 5.13. The van der Waals surface area contributed by atoms with Crippen molar-refractivity contribution in [3.8, 4) is 0 Å². The molecule has 0 saturated carbocycles. The van der Waals surface area contributed by atoms with Crippen molar-refractivity contribution < 1.29 is 0 Å².